The maximum absolute atomic E-state index is 11.6. The van der Waals surface area contributed by atoms with Crippen LogP contribution in [0.3, 0.4) is 0 Å². The largest absolute Gasteiger partial charge is 0.346 e. The number of thiophene rings is 1. The number of rotatable bonds is 5. The Labute approximate surface area is 198 Å². The molecule has 2 atom stereocenters. The number of aromatic amines is 1. The van der Waals surface area contributed by atoms with E-state index in [4.69, 9.17) is 0 Å². The Morgan fingerprint density at radius 3 is 2.91 bits per heavy atom. The van der Waals surface area contributed by atoms with Crippen LogP contribution in [0.5, 0.6) is 0 Å². The molecule has 0 bridgehead atoms. The molecule has 4 aromatic rings. The van der Waals surface area contributed by atoms with Crippen molar-refractivity contribution in [2.45, 2.75) is 58.8 Å². The number of pyridine rings is 1. The van der Waals surface area contributed by atoms with Crippen molar-refractivity contribution in [1.29, 1.82) is 0 Å². The predicted octanol–water partition coefficient (Wildman–Crippen LogP) is 5.23. The molecule has 6 rings (SSSR count). The first-order valence-corrected chi connectivity index (χ1v) is 12.8. The lowest BCUT2D eigenvalue weighted by Crippen LogP contribution is -2.38. The number of nitrogens with zero attached hydrogens (tertiary/aromatic N) is 4. The number of aromatic nitrogens is 4. The Hall–Kier alpha value is -2.51. The first-order chi connectivity index (χ1) is 15.8. The quantitative estimate of drug-likeness (QED) is 0.442. The molecule has 0 amide bonds. The minimum atomic E-state index is 0.275. The summed E-state index contributed by atoms with van der Waals surface area (Å²) in [6, 6.07) is 2.22. The van der Waals surface area contributed by atoms with E-state index in [-0.39, 0.29) is 5.78 Å². The number of likely N-dealkylation sites (tertiary alicyclic amines) is 1. The van der Waals surface area contributed by atoms with Crippen molar-refractivity contribution >= 4 is 33.0 Å². The van der Waals surface area contributed by atoms with Crippen LogP contribution in [-0.4, -0.2) is 49.9 Å². The minimum absolute atomic E-state index is 0.275. The van der Waals surface area contributed by atoms with E-state index in [2.05, 4.69) is 59.9 Å². The van der Waals surface area contributed by atoms with Gasteiger partial charge < -0.3 is 4.98 Å². The van der Waals surface area contributed by atoms with Crippen molar-refractivity contribution in [2.24, 2.45) is 5.92 Å². The highest BCUT2D eigenvalue weighted by Gasteiger charge is 2.59. The van der Waals surface area contributed by atoms with Gasteiger partial charge in [0.1, 0.15) is 16.9 Å². The zero-order valence-corrected chi connectivity index (χ0v) is 20.8. The Bertz CT molecular complexity index is 1410. The molecule has 4 aromatic heterocycles. The molecule has 0 spiro atoms. The van der Waals surface area contributed by atoms with E-state index in [1.165, 1.54) is 45.4 Å². The standard InChI is InChI=1S/C26H31N5OS/c1-14(2)20-21-17(5)23(26-6-7-30(10-16(4)32)12-19(26)9-26)33-25(21)29-22(20)18-8-15(3)24-27-13-28-31(24)11-18/h8,11,13-14,19,29H,6-7,9-10,12H2,1-5H3. The Morgan fingerprint density at radius 2 is 2.18 bits per heavy atom. The van der Waals surface area contributed by atoms with E-state index < -0.39 is 0 Å². The molecule has 0 aromatic carbocycles. The van der Waals surface area contributed by atoms with Crippen molar-refractivity contribution in [3.8, 4) is 11.3 Å². The minimum Gasteiger partial charge on any atom is -0.346 e. The third-order valence-corrected chi connectivity index (χ3v) is 9.26. The zero-order valence-electron chi connectivity index (χ0n) is 20.0. The van der Waals surface area contributed by atoms with Gasteiger partial charge in [0.05, 0.1) is 12.2 Å². The van der Waals surface area contributed by atoms with E-state index >= 15 is 0 Å². The van der Waals surface area contributed by atoms with Gasteiger partial charge in [-0.2, -0.15) is 5.10 Å². The Balaban J connectivity index is 1.42. The molecule has 2 aliphatic rings. The van der Waals surface area contributed by atoms with E-state index in [1.54, 1.807) is 18.1 Å². The van der Waals surface area contributed by atoms with Crippen LogP contribution < -0.4 is 0 Å². The molecule has 2 unspecified atom stereocenters. The van der Waals surface area contributed by atoms with E-state index in [1.807, 2.05) is 15.9 Å². The number of carbonyl (C=O) groups is 1. The maximum Gasteiger partial charge on any atom is 0.158 e. The van der Waals surface area contributed by atoms with Crippen LogP contribution in [0, 0.1) is 19.8 Å². The van der Waals surface area contributed by atoms with Gasteiger partial charge in [-0.05, 0) is 74.8 Å². The monoisotopic (exact) mass is 461 g/mol. The van der Waals surface area contributed by atoms with Gasteiger partial charge in [0.2, 0.25) is 0 Å². The lowest BCUT2D eigenvalue weighted by atomic mass is 9.89. The van der Waals surface area contributed by atoms with E-state index in [9.17, 15) is 4.79 Å². The number of hydrogen-bond acceptors (Lipinski definition) is 5. The third kappa shape index (κ3) is 3.12. The van der Waals surface area contributed by atoms with Crippen molar-refractivity contribution in [2.75, 3.05) is 19.6 Å². The molecular formula is C26H31N5OS. The van der Waals surface area contributed by atoms with Crippen LogP contribution in [0.4, 0.5) is 0 Å². The van der Waals surface area contributed by atoms with Gasteiger partial charge in [-0.3, -0.25) is 9.69 Å². The highest BCUT2D eigenvalue weighted by Crippen LogP contribution is 2.62. The van der Waals surface area contributed by atoms with Gasteiger partial charge in [0, 0.05) is 34.0 Å². The van der Waals surface area contributed by atoms with Crippen molar-refractivity contribution in [1.82, 2.24) is 24.5 Å². The summed E-state index contributed by atoms with van der Waals surface area (Å²) >= 11 is 1.97. The summed E-state index contributed by atoms with van der Waals surface area (Å²) in [5, 5.41) is 5.80. The average molecular weight is 462 g/mol. The SMILES string of the molecule is CC(=O)CN1CCC2(c3sc4[nH]c(-c5cc(C)c6ncnn6c5)c(C(C)C)c4c3C)CC2C1. The van der Waals surface area contributed by atoms with E-state index in [0.29, 0.717) is 23.8 Å². The molecule has 1 saturated heterocycles. The molecule has 7 heteroatoms. The highest BCUT2D eigenvalue weighted by molar-refractivity contribution is 7.19. The van der Waals surface area contributed by atoms with Crippen molar-refractivity contribution in [3.05, 3.63) is 40.2 Å². The maximum atomic E-state index is 11.6. The summed E-state index contributed by atoms with van der Waals surface area (Å²) < 4.78 is 1.88. The summed E-state index contributed by atoms with van der Waals surface area (Å²) in [6.07, 6.45) is 6.14. The topological polar surface area (TPSA) is 66.3 Å². The molecule has 1 N–H and O–H groups in total. The number of carbonyl (C=O) groups excluding carboxylic acids is 1. The molecule has 1 aliphatic carbocycles. The van der Waals surface area contributed by atoms with Crippen LogP contribution in [0.2, 0.25) is 0 Å². The highest BCUT2D eigenvalue weighted by atomic mass is 32.1. The lowest BCUT2D eigenvalue weighted by molar-refractivity contribution is -0.118. The van der Waals surface area contributed by atoms with Gasteiger partial charge in [-0.15, -0.1) is 11.3 Å². The van der Waals surface area contributed by atoms with Crippen molar-refractivity contribution in [3.63, 3.8) is 0 Å². The molecule has 1 aliphatic heterocycles. The third-order valence-electron chi connectivity index (χ3n) is 7.83. The van der Waals surface area contributed by atoms with Gasteiger partial charge in [-0.1, -0.05) is 13.8 Å². The van der Waals surface area contributed by atoms with Crippen LogP contribution in [0.25, 0.3) is 27.1 Å². The summed E-state index contributed by atoms with van der Waals surface area (Å²) in [6.45, 7) is 13.4. The molecule has 1 saturated carbocycles. The van der Waals surface area contributed by atoms with Crippen LogP contribution in [-0.2, 0) is 10.2 Å². The number of piperidine rings is 1. The Kier molecular flexibility index (Phi) is 4.62. The van der Waals surface area contributed by atoms with Crippen molar-refractivity contribution < 1.29 is 4.79 Å². The van der Waals surface area contributed by atoms with Gasteiger partial charge >= 0.3 is 0 Å². The summed E-state index contributed by atoms with van der Waals surface area (Å²) in [5.74, 6) is 1.37. The molecule has 0 radical (unpaired) electrons. The predicted molar refractivity (Wildman–Crippen MR) is 133 cm³/mol. The van der Waals surface area contributed by atoms with E-state index in [0.717, 1.165) is 24.3 Å². The van der Waals surface area contributed by atoms with Gasteiger partial charge in [-0.25, -0.2) is 9.50 Å². The number of hydrogen-bond donors (Lipinski definition) is 1. The number of aryl methyl sites for hydroxylation is 2. The molecule has 2 fully saturated rings. The number of Topliss-reactive ketones (excluding diaryl/α,β-unsaturated/α-hetero) is 1. The van der Waals surface area contributed by atoms with Gasteiger partial charge in [0.15, 0.2) is 5.65 Å². The number of H-pyrrole nitrogens is 1. The summed E-state index contributed by atoms with van der Waals surface area (Å²) in [7, 11) is 0. The first-order valence-electron chi connectivity index (χ1n) is 12.0. The first kappa shape index (κ1) is 21.1. The average Bonchev–Trinajstić information content (AvgIpc) is 3.06. The zero-order chi connectivity index (χ0) is 23.1. The fourth-order valence-corrected chi connectivity index (χ4v) is 7.81. The molecule has 6 nitrogen and oxygen atoms in total. The fourth-order valence-electron chi connectivity index (χ4n) is 6.28. The molecular weight excluding hydrogens is 430 g/mol. The number of ketones is 1. The fraction of sp³-hybridized carbons (Fsp3) is 0.500. The van der Waals surface area contributed by atoms with Crippen LogP contribution in [0.1, 0.15) is 61.1 Å². The normalized spacial score (nSPS) is 23.0. The van der Waals surface area contributed by atoms with Gasteiger partial charge in [0.25, 0.3) is 0 Å². The Morgan fingerprint density at radius 1 is 1.36 bits per heavy atom. The second kappa shape index (κ2) is 7.24. The van der Waals surface area contributed by atoms with Crippen LogP contribution >= 0.6 is 11.3 Å². The summed E-state index contributed by atoms with van der Waals surface area (Å²) in [4.78, 5) is 25.0. The molecule has 33 heavy (non-hydrogen) atoms. The second-order valence-electron chi connectivity index (χ2n) is 10.5. The molecule has 172 valence electrons. The second-order valence-corrected chi connectivity index (χ2v) is 11.5. The summed E-state index contributed by atoms with van der Waals surface area (Å²) in [5.41, 5.74) is 7.61. The molecule has 5 heterocycles. The lowest BCUT2D eigenvalue weighted by Gasteiger charge is -2.31. The number of nitrogens with one attached hydrogen (secondary N) is 1. The number of fused-ring (bicyclic) bond motifs is 3. The van der Waals surface area contributed by atoms with Crippen LogP contribution in [0.15, 0.2) is 18.6 Å². The smallest absolute Gasteiger partial charge is 0.158 e.